The zero-order valence-corrected chi connectivity index (χ0v) is 16.1. The molecule has 4 nitrogen and oxygen atoms in total. The number of rotatable bonds is 4. The molecular formula is C22H22N2O2S. The van der Waals surface area contributed by atoms with E-state index in [-0.39, 0.29) is 6.04 Å². The number of aryl methyl sites for hydroxylation is 1. The second kappa shape index (κ2) is 7.25. The van der Waals surface area contributed by atoms with E-state index in [9.17, 15) is 8.42 Å². The van der Waals surface area contributed by atoms with Gasteiger partial charge in [0.1, 0.15) is 0 Å². The molecule has 1 atom stereocenters. The highest BCUT2D eigenvalue weighted by molar-refractivity contribution is 7.89. The van der Waals surface area contributed by atoms with Crippen molar-refractivity contribution in [3.63, 3.8) is 0 Å². The molecule has 0 N–H and O–H groups in total. The van der Waals surface area contributed by atoms with Gasteiger partial charge in [-0.25, -0.2) is 8.42 Å². The van der Waals surface area contributed by atoms with Gasteiger partial charge >= 0.3 is 0 Å². The zero-order chi connectivity index (χ0) is 18.9. The summed E-state index contributed by atoms with van der Waals surface area (Å²) < 4.78 is 28.5. The minimum absolute atomic E-state index is 0.219. The lowest BCUT2D eigenvalue weighted by Crippen LogP contribution is -2.41. The quantitative estimate of drug-likeness (QED) is 0.691. The first kappa shape index (κ1) is 17.9. The summed E-state index contributed by atoms with van der Waals surface area (Å²) in [7, 11) is -3.57. The third-order valence-corrected chi connectivity index (χ3v) is 7.09. The van der Waals surface area contributed by atoms with Gasteiger partial charge in [-0.1, -0.05) is 42.0 Å². The third kappa shape index (κ3) is 3.53. The molecule has 138 valence electrons. The fraction of sp³-hybridized carbons (Fsp3) is 0.227. The van der Waals surface area contributed by atoms with Crippen LogP contribution in [0.15, 0.2) is 78.0 Å². The van der Waals surface area contributed by atoms with Crippen molar-refractivity contribution in [2.45, 2.75) is 30.7 Å². The van der Waals surface area contributed by atoms with Crippen LogP contribution in [0.25, 0.3) is 0 Å². The molecule has 3 aromatic rings. The summed E-state index contributed by atoms with van der Waals surface area (Å²) in [6.07, 6.45) is 4.87. The van der Waals surface area contributed by atoms with Gasteiger partial charge in [-0.05, 0) is 60.7 Å². The lowest BCUT2D eigenvalue weighted by atomic mass is 9.90. The summed E-state index contributed by atoms with van der Waals surface area (Å²) in [6.45, 7) is 2.45. The highest BCUT2D eigenvalue weighted by Crippen LogP contribution is 2.36. The molecule has 0 amide bonds. The van der Waals surface area contributed by atoms with Crippen molar-refractivity contribution in [3.05, 3.63) is 95.3 Å². The summed E-state index contributed by atoms with van der Waals surface area (Å²) in [5, 5.41) is 0. The number of hydrogen-bond acceptors (Lipinski definition) is 3. The van der Waals surface area contributed by atoms with E-state index in [1.54, 1.807) is 28.8 Å². The van der Waals surface area contributed by atoms with E-state index in [1.807, 2.05) is 43.3 Å². The summed E-state index contributed by atoms with van der Waals surface area (Å²) in [4.78, 5) is 4.43. The Morgan fingerprint density at radius 2 is 1.70 bits per heavy atom. The number of hydrogen-bond donors (Lipinski definition) is 0. The van der Waals surface area contributed by atoms with E-state index < -0.39 is 10.0 Å². The van der Waals surface area contributed by atoms with Crippen LogP contribution in [0, 0.1) is 6.92 Å². The minimum Gasteiger partial charge on any atom is -0.265 e. The summed E-state index contributed by atoms with van der Waals surface area (Å²) >= 11 is 0. The molecule has 4 rings (SSSR count). The molecule has 0 saturated heterocycles. The van der Waals surface area contributed by atoms with Crippen molar-refractivity contribution < 1.29 is 8.42 Å². The van der Waals surface area contributed by atoms with E-state index in [0.717, 1.165) is 23.1 Å². The van der Waals surface area contributed by atoms with E-state index in [2.05, 4.69) is 17.1 Å². The van der Waals surface area contributed by atoms with E-state index in [1.165, 1.54) is 5.56 Å². The molecule has 0 bridgehead atoms. The van der Waals surface area contributed by atoms with Crippen LogP contribution in [-0.2, 0) is 22.9 Å². The van der Waals surface area contributed by atoms with Crippen LogP contribution in [0.5, 0.6) is 0 Å². The predicted octanol–water partition coefficient (Wildman–Crippen LogP) is 3.92. The average molecular weight is 378 g/mol. The fourth-order valence-corrected chi connectivity index (χ4v) is 5.32. The molecule has 27 heavy (non-hydrogen) atoms. The van der Waals surface area contributed by atoms with Crippen molar-refractivity contribution >= 4 is 10.0 Å². The van der Waals surface area contributed by atoms with E-state index >= 15 is 0 Å². The van der Waals surface area contributed by atoms with Gasteiger partial charge in [0.05, 0.1) is 10.9 Å². The second-order valence-corrected chi connectivity index (χ2v) is 8.84. The molecule has 2 heterocycles. The number of aromatic nitrogens is 1. The maximum absolute atomic E-state index is 13.4. The SMILES string of the molecule is Cc1ccc(S(=O)(=O)N2CCc3ccccc3C2Cc2ccncc2)cc1. The van der Waals surface area contributed by atoms with Crippen LogP contribution in [0.2, 0.25) is 0 Å². The molecule has 0 aliphatic carbocycles. The van der Waals surface area contributed by atoms with Gasteiger partial charge < -0.3 is 0 Å². The molecule has 5 heteroatoms. The van der Waals surface area contributed by atoms with Crippen molar-refractivity contribution in [1.82, 2.24) is 9.29 Å². The summed E-state index contributed by atoms with van der Waals surface area (Å²) in [5.41, 5.74) is 4.45. The lowest BCUT2D eigenvalue weighted by molar-refractivity contribution is 0.306. The second-order valence-electron chi connectivity index (χ2n) is 6.95. The predicted molar refractivity (Wildman–Crippen MR) is 106 cm³/mol. The molecule has 2 aromatic carbocycles. The Bertz CT molecular complexity index is 1030. The van der Waals surface area contributed by atoms with Crippen molar-refractivity contribution in [1.29, 1.82) is 0 Å². The molecule has 1 unspecified atom stereocenters. The average Bonchev–Trinajstić information content (AvgIpc) is 2.69. The highest BCUT2D eigenvalue weighted by Gasteiger charge is 2.36. The Balaban J connectivity index is 1.77. The van der Waals surface area contributed by atoms with Gasteiger partial charge in [0.15, 0.2) is 0 Å². The highest BCUT2D eigenvalue weighted by atomic mass is 32.2. The van der Waals surface area contributed by atoms with Crippen molar-refractivity contribution in [3.8, 4) is 0 Å². The Morgan fingerprint density at radius 1 is 1.00 bits per heavy atom. The van der Waals surface area contributed by atoms with E-state index in [4.69, 9.17) is 0 Å². The third-order valence-electron chi connectivity index (χ3n) is 5.17. The number of sulfonamides is 1. The Morgan fingerprint density at radius 3 is 2.44 bits per heavy atom. The molecule has 1 aliphatic heterocycles. The zero-order valence-electron chi connectivity index (χ0n) is 15.2. The lowest BCUT2D eigenvalue weighted by Gasteiger charge is -2.36. The van der Waals surface area contributed by atoms with Crippen molar-refractivity contribution in [2.24, 2.45) is 0 Å². The molecule has 1 aliphatic rings. The topological polar surface area (TPSA) is 50.3 Å². The number of benzene rings is 2. The van der Waals surface area contributed by atoms with E-state index in [0.29, 0.717) is 17.9 Å². The van der Waals surface area contributed by atoms with Gasteiger partial charge in [0.25, 0.3) is 0 Å². The Kier molecular flexibility index (Phi) is 4.81. The largest absolute Gasteiger partial charge is 0.265 e. The summed E-state index contributed by atoms with van der Waals surface area (Å²) in [5.74, 6) is 0. The van der Waals surface area contributed by atoms with Crippen LogP contribution < -0.4 is 0 Å². The minimum atomic E-state index is -3.57. The van der Waals surface area contributed by atoms with Crippen LogP contribution in [0.3, 0.4) is 0 Å². The maximum atomic E-state index is 13.4. The molecule has 0 spiro atoms. The van der Waals surface area contributed by atoms with Gasteiger partial charge in [0, 0.05) is 18.9 Å². The van der Waals surface area contributed by atoms with Gasteiger partial charge in [-0.15, -0.1) is 0 Å². The molecule has 0 saturated carbocycles. The first-order valence-electron chi connectivity index (χ1n) is 9.11. The Labute approximate surface area is 160 Å². The van der Waals surface area contributed by atoms with Gasteiger partial charge in [-0.3, -0.25) is 4.98 Å². The molecule has 1 aromatic heterocycles. The standard InChI is InChI=1S/C22H22N2O2S/c1-17-6-8-20(9-7-17)27(25,26)24-15-12-19-4-2-3-5-21(19)22(24)16-18-10-13-23-14-11-18/h2-11,13-14,22H,12,15-16H2,1H3. The fourth-order valence-electron chi connectivity index (χ4n) is 3.72. The number of pyridine rings is 1. The first-order chi connectivity index (χ1) is 13.1. The Hall–Kier alpha value is -2.50. The van der Waals surface area contributed by atoms with Crippen LogP contribution in [0.1, 0.15) is 28.3 Å². The molecule has 0 fully saturated rings. The molecular weight excluding hydrogens is 356 g/mol. The van der Waals surface area contributed by atoms with Gasteiger partial charge in [0.2, 0.25) is 10.0 Å². The number of fused-ring (bicyclic) bond motifs is 1. The van der Waals surface area contributed by atoms with Crippen LogP contribution >= 0.6 is 0 Å². The van der Waals surface area contributed by atoms with Crippen LogP contribution in [-0.4, -0.2) is 24.3 Å². The summed E-state index contributed by atoms with van der Waals surface area (Å²) in [6, 6.07) is 19.0. The smallest absolute Gasteiger partial charge is 0.243 e. The van der Waals surface area contributed by atoms with Crippen LogP contribution in [0.4, 0.5) is 0 Å². The van der Waals surface area contributed by atoms with Gasteiger partial charge in [-0.2, -0.15) is 4.31 Å². The van der Waals surface area contributed by atoms with Crippen molar-refractivity contribution in [2.75, 3.05) is 6.54 Å². The maximum Gasteiger partial charge on any atom is 0.243 e. The normalized spacial score (nSPS) is 17.4. The first-order valence-corrected chi connectivity index (χ1v) is 10.5. The monoisotopic (exact) mass is 378 g/mol. The number of nitrogens with zero attached hydrogens (tertiary/aromatic N) is 2. The molecule has 0 radical (unpaired) electrons.